The van der Waals surface area contributed by atoms with E-state index in [-0.39, 0.29) is 22.2 Å². The lowest BCUT2D eigenvalue weighted by molar-refractivity contribution is -0.0328. The molecule has 0 unspecified atom stereocenters. The average Bonchev–Trinajstić information content (AvgIpc) is 2.57. The van der Waals surface area contributed by atoms with Crippen molar-refractivity contribution in [3.8, 4) is 0 Å². The highest BCUT2D eigenvalue weighted by Crippen LogP contribution is 2.36. The second-order valence-electron chi connectivity index (χ2n) is 5.15. The lowest BCUT2D eigenvalue weighted by Crippen LogP contribution is -2.35. The Labute approximate surface area is 153 Å². The Morgan fingerprint density at radius 2 is 1.81 bits per heavy atom. The number of nitrogens with one attached hydrogen (secondary N) is 1. The van der Waals surface area contributed by atoms with Crippen LogP contribution in [0.1, 0.15) is 20.7 Å². The van der Waals surface area contributed by atoms with Crippen LogP contribution in [-0.2, 0) is 11.8 Å². The van der Waals surface area contributed by atoms with Gasteiger partial charge in [0.15, 0.2) is 6.61 Å². The minimum absolute atomic E-state index is 0.0864. The third-order valence-corrected chi connectivity index (χ3v) is 4.05. The molecule has 0 atom stereocenters. The Morgan fingerprint density at radius 1 is 1.22 bits per heavy atom. The van der Waals surface area contributed by atoms with Gasteiger partial charge in [-0.2, -0.15) is 13.2 Å². The van der Waals surface area contributed by atoms with Crippen LogP contribution in [0.4, 0.5) is 19.0 Å². The maximum absolute atomic E-state index is 12.3. The van der Waals surface area contributed by atoms with E-state index in [1.165, 1.54) is 7.05 Å². The van der Waals surface area contributed by atoms with Crippen molar-refractivity contribution >= 4 is 29.3 Å². The summed E-state index contributed by atoms with van der Waals surface area (Å²) in [6.45, 7) is -0.844. The zero-order valence-corrected chi connectivity index (χ0v) is 14.4. The van der Waals surface area contributed by atoms with Gasteiger partial charge in [-0.3, -0.25) is 19.1 Å². The zero-order chi connectivity index (χ0) is 20.4. The molecule has 27 heavy (non-hydrogen) atoms. The number of thioether (sulfide) groups is 1. The predicted octanol–water partition coefficient (Wildman–Crippen LogP) is 1.31. The van der Waals surface area contributed by atoms with Crippen molar-refractivity contribution in [2.75, 3.05) is 12.3 Å². The Balaban J connectivity index is 2.08. The molecule has 0 fully saturated rings. The molecule has 8 nitrogen and oxygen atoms in total. The number of carbonyl (C=O) groups excluding carboxylic acids is 2. The molecule has 0 saturated heterocycles. The first kappa shape index (κ1) is 20.3. The van der Waals surface area contributed by atoms with Crippen LogP contribution in [-0.4, -0.2) is 33.4 Å². The smallest absolute Gasteiger partial charge is 0.446 e. The van der Waals surface area contributed by atoms with E-state index in [0.29, 0.717) is 0 Å². The molecule has 0 aliphatic rings. The van der Waals surface area contributed by atoms with Crippen LogP contribution >= 0.6 is 11.8 Å². The average molecular weight is 403 g/mol. The topological polar surface area (TPSA) is 124 Å². The first-order valence-electron chi connectivity index (χ1n) is 7.14. The second kappa shape index (κ2) is 7.70. The molecule has 1 aromatic heterocycles. The lowest BCUT2D eigenvalue weighted by atomic mass is 10.2. The highest BCUT2D eigenvalue weighted by atomic mass is 32.2. The van der Waals surface area contributed by atoms with Crippen molar-refractivity contribution in [2.45, 2.75) is 10.4 Å². The van der Waals surface area contributed by atoms with Crippen molar-refractivity contribution in [2.24, 2.45) is 7.05 Å². The third kappa shape index (κ3) is 5.00. The summed E-state index contributed by atoms with van der Waals surface area (Å²) in [4.78, 5) is 48.8. The van der Waals surface area contributed by atoms with E-state index in [2.05, 4.69) is 0 Å². The van der Waals surface area contributed by atoms with Gasteiger partial charge in [-0.05, 0) is 36.0 Å². The van der Waals surface area contributed by atoms with Crippen LogP contribution in [0, 0.1) is 0 Å². The van der Waals surface area contributed by atoms with Gasteiger partial charge in [-0.15, -0.1) is 0 Å². The van der Waals surface area contributed by atoms with E-state index in [1.807, 2.05) is 4.98 Å². The van der Waals surface area contributed by atoms with Gasteiger partial charge in [0.2, 0.25) is 5.78 Å². The number of carbonyl (C=O) groups is 2. The summed E-state index contributed by atoms with van der Waals surface area (Å²) in [6, 6.07) is 4.36. The van der Waals surface area contributed by atoms with Crippen molar-refractivity contribution < 1.29 is 27.5 Å². The molecule has 2 rings (SSSR count). The first-order valence-corrected chi connectivity index (χ1v) is 7.96. The van der Waals surface area contributed by atoms with Gasteiger partial charge >= 0.3 is 17.2 Å². The quantitative estimate of drug-likeness (QED) is 0.438. The Morgan fingerprint density at radius 3 is 2.37 bits per heavy atom. The Hall–Kier alpha value is -3.02. The molecular weight excluding hydrogens is 391 g/mol. The molecule has 0 spiro atoms. The van der Waals surface area contributed by atoms with Gasteiger partial charge in [0, 0.05) is 11.9 Å². The van der Waals surface area contributed by atoms with Gasteiger partial charge in [-0.25, -0.2) is 9.59 Å². The summed E-state index contributed by atoms with van der Waals surface area (Å²) in [6.07, 6.45) is 0. The van der Waals surface area contributed by atoms with Gasteiger partial charge in [0.25, 0.3) is 5.56 Å². The van der Waals surface area contributed by atoms with Crippen molar-refractivity contribution in [1.29, 1.82) is 0 Å². The highest BCUT2D eigenvalue weighted by molar-refractivity contribution is 8.00. The normalized spacial score (nSPS) is 11.3. The fourth-order valence-corrected chi connectivity index (χ4v) is 2.53. The van der Waals surface area contributed by atoms with Crippen LogP contribution in [0.2, 0.25) is 0 Å². The molecule has 144 valence electrons. The number of aromatic nitrogens is 2. The monoisotopic (exact) mass is 403 g/mol. The lowest BCUT2D eigenvalue weighted by Gasteiger charge is -2.09. The second-order valence-corrected chi connectivity index (χ2v) is 6.29. The number of aromatic amines is 1. The number of ketones is 1. The number of benzene rings is 1. The van der Waals surface area contributed by atoms with Crippen LogP contribution in [0.5, 0.6) is 0 Å². The Kier molecular flexibility index (Phi) is 5.78. The van der Waals surface area contributed by atoms with E-state index >= 15 is 0 Å². The molecule has 0 saturated carbocycles. The number of anilines is 1. The molecule has 1 aromatic carbocycles. The summed E-state index contributed by atoms with van der Waals surface area (Å²) in [7, 11) is 1.23. The van der Waals surface area contributed by atoms with Crippen LogP contribution in [0.3, 0.4) is 0 Å². The van der Waals surface area contributed by atoms with Crippen molar-refractivity contribution in [3.05, 3.63) is 56.2 Å². The van der Waals surface area contributed by atoms with Gasteiger partial charge in [-0.1, -0.05) is 0 Å². The van der Waals surface area contributed by atoms with Crippen LogP contribution in [0.15, 0.2) is 38.8 Å². The maximum atomic E-state index is 12.3. The molecule has 3 N–H and O–H groups in total. The number of hydrogen-bond acceptors (Lipinski definition) is 7. The highest BCUT2D eigenvalue weighted by Gasteiger charge is 2.29. The number of nitrogens with two attached hydrogens (primary N) is 1. The number of nitrogen functional groups attached to an aromatic ring is 1. The zero-order valence-electron chi connectivity index (χ0n) is 13.6. The molecule has 0 radical (unpaired) electrons. The van der Waals surface area contributed by atoms with Crippen LogP contribution in [0.25, 0.3) is 0 Å². The number of esters is 1. The number of hydrogen-bond donors (Lipinski definition) is 2. The molecule has 2 aromatic rings. The molecule has 0 aliphatic heterocycles. The number of Topliss-reactive ketones (excluding diaryl/α,β-unsaturated/α-hetero) is 1. The summed E-state index contributed by atoms with van der Waals surface area (Å²) in [5.74, 6) is -2.31. The van der Waals surface area contributed by atoms with E-state index < -0.39 is 46.5 Å². The number of alkyl halides is 3. The molecular formula is C15H12F3N3O5S. The Bertz CT molecular complexity index is 996. The molecule has 0 amide bonds. The molecule has 1 heterocycles. The van der Waals surface area contributed by atoms with E-state index in [4.69, 9.17) is 10.5 Å². The number of ether oxygens (including phenoxy) is 1. The van der Waals surface area contributed by atoms with Crippen molar-refractivity contribution in [3.63, 3.8) is 0 Å². The third-order valence-electron chi connectivity index (χ3n) is 3.31. The number of rotatable bonds is 5. The van der Waals surface area contributed by atoms with E-state index in [9.17, 15) is 32.3 Å². The minimum Gasteiger partial charge on any atom is -0.454 e. The predicted molar refractivity (Wildman–Crippen MR) is 89.7 cm³/mol. The largest absolute Gasteiger partial charge is 0.454 e. The fraction of sp³-hybridized carbons (Fsp3) is 0.200. The fourth-order valence-electron chi connectivity index (χ4n) is 1.99. The molecule has 0 aliphatic carbocycles. The summed E-state index contributed by atoms with van der Waals surface area (Å²) in [5, 5.41) is 0. The van der Waals surface area contributed by atoms with Gasteiger partial charge in [0.1, 0.15) is 11.4 Å². The minimum atomic E-state index is -4.46. The van der Waals surface area contributed by atoms with Gasteiger partial charge in [0.05, 0.1) is 5.56 Å². The van der Waals surface area contributed by atoms with E-state index in [1.54, 1.807) is 0 Å². The molecule has 12 heteroatoms. The summed E-state index contributed by atoms with van der Waals surface area (Å²) < 4.78 is 42.4. The number of halogens is 3. The summed E-state index contributed by atoms with van der Waals surface area (Å²) >= 11 is -0.344. The first-order chi connectivity index (χ1) is 12.5. The number of H-pyrrole nitrogens is 1. The standard InChI is InChI=1S/C15H12F3N3O5S/c1-21-11(19)10(12(23)20-14(21)25)9(22)6-26-13(24)7-2-4-8(5-3-7)27-15(16,17)18/h2-5H,6,19H2,1H3,(H,20,23,25). The SMILES string of the molecule is Cn1c(N)c(C(=O)COC(=O)c2ccc(SC(F)(F)F)cc2)c(=O)[nH]c1=O. The van der Waals surface area contributed by atoms with Crippen molar-refractivity contribution in [1.82, 2.24) is 9.55 Å². The van der Waals surface area contributed by atoms with Gasteiger partial charge < -0.3 is 10.5 Å². The van der Waals surface area contributed by atoms with Crippen LogP contribution < -0.4 is 17.0 Å². The number of nitrogens with zero attached hydrogens (tertiary/aromatic N) is 1. The molecule has 0 bridgehead atoms. The summed E-state index contributed by atoms with van der Waals surface area (Å²) in [5.41, 5.74) is -1.37. The maximum Gasteiger partial charge on any atom is 0.446 e. The van der Waals surface area contributed by atoms with E-state index in [0.717, 1.165) is 28.8 Å².